The number of rotatable bonds is 6. The number of anilines is 2. The summed E-state index contributed by atoms with van der Waals surface area (Å²) in [5, 5.41) is 2.81. The molecule has 8 nitrogen and oxygen atoms in total. The minimum atomic E-state index is -0.376. The molecule has 1 aliphatic heterocycles. The Balaban J connectivity index is 1.76. The Labute approximate surface area is 174 Å². The third-order valence-electron chi connectivity index (χ3n) is 4.80. The molecular formula is C22H23N3O5. The number of nitrogens with zero attached hydrogens (tertiary/aromatic N) is 2. The Bertz CT molecular complexity index is 1000. The van der Waals surface area contributed by atoms with Gasteiger partial charge in [0.05, 0.1) is 5.69 Å². The van der Waals surface area contributed by atoms with Crippen LogP contribution < -0.4 is 15.0 Å². The Hall–Kier alpha value is -3.68. The Morgan fingerprint density at radius 3 is 2.40 bits per heavy atom. The summed E-state index contributed by atoms with van der Waals surface area (Å²) in [7, 11) is 3.27. The predicted octanol–water partition coefficient (Wildman–Crippen LogP) is 2.37. The van der Waals surface area contributed by atoms with E-state index in [0.29, 0.717) is 28.3 Å². The number of amides is 4. The molecule has 0 bridgehead atoms. The molecule has 2 aromatic carbocycles. The van der Waals surface area contributed by atoms with Crippen molar-refractivity contribution in [3.63, 3.8) is 0 Å². The summed E-state index contributed by atoms with van der Waals surface area (Å²) in [6.07, 6.45) is 0.385. The number of ether oxygens (including phenoxy) is 1. The summed E-state index contributed by atoms with van der Waals surface area (Å²) < 4.78 is 5.45. The molecule has 1 heterocycles. The van der Waals surface area contributed by atoms with Crippen LogP contribution in [0.2, 0.25) is 0 Å². The molecule has 3 rings (SSSR count). The molecule has 2 aromatic rings. The van der Waals surface area contributed by atoms with Crippen LogP contribution in [0.4, 0.5) is 11.4 Å². The Morgan fingerprint density at radius 1 is 1.07 bits per heavy atom. The van der Waals surface area contributed by atoms with E-state index in [0.717, 1.165) is 0 Å². The van der Waals surface area contributed by atoms with Crippen molar-refractivity contribution in [1.82, 2.24) is 4.90 Å². The summed E-state index contributed by atoms with van der Waals surface area (Å²) in [5.41, 5.74) is 1.94. The first-order chi connectivity index (χ1) is 14.3. The van der Waals surface area contributed by atoms with Crippen molar-refractivity contribution in [2.75, 3.05) is 30.9 Å². The maximum absolute atomic E-state index is 12.7. The van der Waals surface area contributed by atoms with E-state index >= 15 is 0 Å². The highest BCUT2D eigenvalue weighted by Gasteiger charge is 2.31. The molecule has 1 saturated heterocycles. The lowest BCUT2D eigenvalue weighted by Gasteiger charge is -2.19. The van der Waals surface area contributed by atoms with Crippen LogP contribution in [0.25, 0.3) is 0 Å². The van der Waals surface area contributed by atoms with Gasteiger partial charge in [-0.15, -0.1) is 0 Å². The maximum atomic E-state index is 12.7. The average Bonchev–Trinajstić information content (AvgIpc) is 3.06. The largest absolute Gasteiger partial charge is 0.484 e. The molecule has 1 aliphatic rings. The van der Waals surface area contributed by atoms with Crippen molar-refractivity contribution in [3.05, 3.63) is 53.6 Å². The third-order valence-corrected chi connectivity index (χ3v) is 4.80. The van der Waals surface area contributed by atoms with Crippen LogP contribution in [0.15, 0.2) is 42.5 Å². The second-order valence-corrected chi connectivity index (χ2v) is 7.13. The molecule has 156 valence electrons. The standard InChI is InChI=1S/C22H23N3O5/c1-14-17(8-5-9-18(14)25-19(26)10-11-20(25)27)23-22(29)15-6-4-7-16(12-15)30-13-21(28)24(2)3/h4-9,12H,10-11,13H2,1-3H3,(H,23,29). The molecule has 0 atom stereocenters. The number of imide groups is 1. The van der Waals surface area contributed by atoms with Gasteiger partial charge in [-0.1, -0.05) is 12.1 Å². The molecule has 0 radical (unpaired) electrons. The molecule has 0 spiro atoms. The van der Waals surface area contributed by atoms with E-state index < -0.39 is 0 Å². The van der Waals surface area contributed by atoms with Crippen molar-refractivity contribution in [3.8, 4) is 5.75 Å². The SMILES string of the molecule is Cc1c(NC(=O)c2cccc(OCC(=O)N(C)C)c2)cccc1N1C(=O)CCC1=O. The number of carbonyl (C=O) groups excluding carboxylic acids is 4. The van der Waals surface area contributed by atoms with Gasteiger partial charge < -0.3 is 15.0 Å². The van der Waals surface area contributed by atoms with E-state index in [1.807, 2.05) is 0 Å². The van der Waals surface area contributed by atoms with E-state index in [2.05, 4.69) is 5.32 Å². The van der Waals surface area contributed by atoms with Gasteiger partial charge in [0.25, 0.3) is 11.8 Å². The van der Waals surface area contributed by atoms with Crippen LogP contribution in [0.3, 0.4) is 0 Å². The van der Waals surface area contributed by atoms with Crippen LogP contribution >= 0.6 is 0 Å². The quantitative estimate of drug-likeness (QED) is 0.739. The lowest BCUT2D eigenvalue weighted by atomic mass is 10.1. The van der Waals surface area contributed by atoms with Crippen LogP contribution in [0.1, 0.15) is 28.8 Å². The van der Waals surface area contributed by atoms with E-state index in [1.54, 1.807) is 63.5 Å². The van der Waals surface area contributed by atoms with Crippen molar-refractivity contribution >= 4 is 35.0 Å². The molecule has 1 N–H and O–H groups in total. The fourth-order valence-electron chi connectivity index (χ4n) is 3.04. The van der Waals surface area contributed by atoms with E-state index in [4.69, 9.17) is 4.74 Å². The molecule has 0 unspecified atom stereocenters. The second kappa shape index (κ2) is 8.77. The van der Waals surface area contributed by atoms with Crippen molar-refractivity contribution < 1.29 is 23.9 Å². The average molecular weight is 409 g/mol. The smallest absolute Gasteiger partial charge is 0.259 e. The van der Waals surface area contributed by atoms with Gasteiger partial charge in [0, 0.05) is 38.2 Å². The fraction of sp³-hybridized carbons (Fsp3) is 0.273. The van der Waals surface area contributed by atoms with Gasteiger partial charge in [0.15, 0.2) is 6.61 Å². The summed E-state index contributed by atoms with van der Waals surface area (Å²) >= 11 is 0. The molecule has 1 fully saturated rings. The fourth-order valence-corrected chi connectivity index (χ4v) is 3.04. The van der Waals surface area contributed by atoms with E-state index in [9.17, 15) is 19.2 Å². The predicted molar refractivity (Wildman–Crippen MR) is 111 cm³/mol. The normalized spacial score (nSPS) is 13.4. The summed E-state index contributed by atoms with van der Waals surface area (Å²) in [4.78, 5) is 51.1. The second-order valence-electron chi connectivity index (χ2n) is 7.13. The highest BCUT2D eigenvalue weighted by atomic mass is 16.5. The number of nitrogens with one attached hydrogen (secondary N) is 1. The Kier molecular flexibility index (Phi) is 6.15. The number of hydrogen-bond acceptors (Lipinski definition) is 5. The molecule has 0 aromatic heterocycles. The lowest BCUT2D eigenvalue weighted by Crippen LogP contribution is -2.29. The summed E-state index contributed by atoms with van der Waals surface area (Å²) in [6, 6.07) is 11.6. The molecule has 8 heteroatoms. The summed E-state index contributed by atoms with van der Waals surface area (Å²) in [6.45, 7) is 1.62. The molecule has 0 saturated carbocycles. The first-order valence-electron chi connectivity index (χ1n) is 9.47. The molecule has 4 amide bonds. The van der Waals surface area contributed by atoms with Crippen LogP contribution in [0.5, 0.6) is 5.75 Å². The van der Waals surface area contributed by atoms with Gasteiger partial charge in [0.2, 0.25) is 11.8 Å². The van der Waals surface area contributed by atoms with Crippen LogP contribution in [0, 0.1) is 6.92 Å². The van der Waals surface area contributed by atoms with Crippen LogP contribution in [-0.2, 0) is 14.4 Å². The van der Waals surface area contributed by atoms with Crippen molar-refractivity contribution in [2.45, 2.75) is 19.8 Å². The maximum Gasteiger partial charge on any atom is 0.259 e. The molecule has 30 heavy (non-hydrogen) atoms. The highest BCUT2D eigenvalue weighted by Crippen LogP contribution is 2.31. The van der Waals surface area contributed by atoms with Gasteiger partial charge in [0.1, 0.15) is 5.75 Å². The van der Waals surface area contributed by atoms with Gasteiger partial charge >= 0.3 is 0 Å². The van der Waals surface area contributed by atoms with E-state index in [-0.39, 0.29) is 43.1 Å². The minimum absolute atomic E-state index is 0.128. The van der Waals surface area contributed by atoms with Crippen LogP contribution in [-0.4, -0.2) is 49.2 Å². The topological polar surface area (TPSA) is 96.0 Å². The van der Waals surface area contributed by atoms with Gasteiger partial charge in [-0.25, -0.2) is 0 Å². The van der Waals surface area contributed by atoms with Gasteiger partial charge in [-0.3, -0.25) is 24.1 Å². The van der Waals surface area contributed by atoms with Gasteiger partial charge in [-0.2, -0.15) is 0 Å². The first-order valence-corrected chi connectivity index (χ1v) is 9.47. The first kappa shape index (κ1) is 21.0. The van der Waals surface area contributed by atoms with Crippen molar-refractivity contribution in [1.29, 1.82) is 0 Å². The zero-order chi connectivity index (χ0) is 21.8. The Morgan fingerprint density at radius 2 is 1.73 bits per heavy atom. The van der Waals surface area contributed by atoms with E-state index in [1.165, 1.54) is 9.80 Å². The molecule has 0 aliphatic carbocycles. The van der Waals surface area contributed by atoms with Crippen molar-refractivity contribution in [2.24, 2.45) is 0 Å². The third kappa shape index (κ3) is 4.48. The lowest BCUT2D eigenvalue weighted by molar-refractivity contribution is -0.130. The molecular weight excluding hydrogens is 386 g/mol. The van der Waals surface area contributed by atoms with Gasteiger partial charge in [-0.05, 0) is 42.8 Å². The zero-order valence-electron chi connectivity index (χ0n) is 17.1. The monoisotopic (exact) mass is 409 g/mol. The number of hydrogen-bond donors (Lipinski definition) is 1. The number of benzene rings is 2. The zero-order valence-corrected chi connectivity index (χ0v) is 17.1. The number of likely N-dealkylation sites (N-methyl/N-ethyl adjacent to an activating group) is 1. The minimum Gasteiger partial charge on any atom is -0.484 e. The highest BCUT2D eigenvalue weighted by molar-refractivity contribution is 6.20. The summed E-state index contributed by atoms with van der Waals surface area (Å²) in [5.74, 6) is -0.661. The number of carbonyl (C=O) groups is 4.